The molecule has 0 aliphatic carbocycles. The maximum absolute atomic E-state index is 11.6. The summed E-state index contributed by atoms with van der Waals surface area (Å²) in [6, 6.07) is 2.18. The van der Waals surface area contributed by atoms with Crippen molar-refractivity contribution in [1.29, 1.82) is 0 Å². The molecule has 0 bridgehead atoms. The summed E-state index contributed by atoms with van der Waals surface area (Å²) >= 11 is 0. The van der Waals surface area contributed by atoms with Gasteiger partial charge in [-0.1, -0.05) is 6.42 Å². The Morgan fingerprint density at radius 2 is 2.00 bits per heavy atom. The van der Waals surface area contributed by atoms with Crippen molar-refractivity contribution in [3.05, 3.63) is 17.8 Å². The van der Waals surface area contributed by atoms with Gasteiger partial charge in [0.05, 0.1) is 17.4 Å². The van der Waals surface area contributed by atoms with E-state index in [2.05, 4.69) is 14.8 Å². The molecule has 0 saturated carbocycles. The third kappa shape index (κ3) is 2.95. The number of carbonyl (C=O) groups is 1. The van der Waals surface area contributed by atoms with Crippen LogP contribution in [0, 0.1) is 0 Å². The molecule has 2 aliphatic heterocycles. The number of hydrogen-bond acceptors (Lipinski definition) is 5. The molecule has 0 aromatic carbocycles. The molecule has 1 atom stereocenters. The van der Waals surface area contributed by atoms with Gasteiger partial charge in [-0.25, -0.2) is 4.98 Å². The predicted octanol–water partition coefficient (Wildman–Crippen LogP) is 0.827. The van der Waals surface area contributed by atoms with Crippen LogP contribution in [0.25, 0.3) is 0 Å². The fourth-order valence-corrected chi connectivity index (χ4v) is 3.42. The van der Waals surface area contributed by atoms with Crippen molar-refractivity contribution in [2.24, 2.45) is 5.73 Å². The van der Waals surface area contributed by atoms with Crippen molar-refractivity contribution >= 4 is 17.4 Å². The molecule has 4 N–H and O–H groups in total. The maximum Gasteiger partial charge on any atom is 0.252 e. The summed E-state index contributed by atoms with van der Waals surface area (Å²) in [5.41, 5.74) is 12.1. The summed E-state index contributed by atoms with van der Waals surface area (Å²) in [7, 11) is 0. The van der Waals surface area contributed by atoms with Crippen LogP contribution in [0.2, 0.25) is 0 Å². The van der Waals surface area contributed by atoms with E-state index in [-0.39, 0.29) is 0 Å². The van der Waals surface area contributed by atoms with Gasteiger partial charge in [0.15, 0.2) is 0 Å². The Bertz CT molecular complexity index is 527. The van der Waals surface area contributed by atoms with Gasteiger partial charge >= 0.3 is 0 Å². The number of rotatable bonds is 3. The van der Waals surface area contributed by atoms with Crippen LogP contribution in [0.4, 0.5) is 11.5 Å². The van der Waals surface area contributed by atoms with E-state index in [0.717, 1.165) is 19.5 Å². The second-order valence-corrected chi connectivity index (χ2v) is 5.99. The van der Waals surface area contributed by atoms with E-state index in [1.165, 1.54) is 32.4 Å². The quantitative estimate of drug-likeness (QED) is 0.860. The van der Waals surface area contributed by atoms with Crippen LogP contribution in [0.3, 0.4) is 0 Å². The smallest absolute Gasteiger partial charge is 0.252 e. The minimum Gasteiger partial charge on any atom is -0.397 e. The minimum atomic E-state index is -0.466. The van der Waals surface area contributed by atoms with Crippen molar-refractivity contribution in [1.82, 2.24) is 9.88 Å². The molecule has 3 rings (SSSR count). The number of nitrogens with zero attached hydrogens (tertiary/aromatic N) is 3. The van der Waals surface area contributed by atoms with Gasteiger partial charge < -0.3 is 16.4 Å². The number of nitrogen functional groups attached to an aromatic ring is 1. The third-order valence-electron chi connectivity index (χ3n) is 4.52. The van der Waals surface area contributed by atoms with Crippen LogP contribution in [-0.4, -0.2) is 48.0 Å². The van der Waals surface area contributed by atoms with Crippen molar-refractivity contribution in [2.45, 2.75) is 31.7 Å². The second kappa shape index (κ2) is 5.89. The first-order valence-corrected chi connectivity index (χ1v) is 7.69. The SMILES string of the molecule is NC(=O)c1cc(N)cnc1N1CCC(N2CCCCC2)C1. The lowest BCUT2D eigenvalue weighted by Gasteiger charge is -2.32. The topological polar surface area (TPSA) is 88.5 Å². The number of piperidine rings is 1. The number of amides is 1. The number of aromatic nitrogens is 1. The van der Waals surface area contributed by atoms with Gasteiger partial charge in [0.1, 0.15) is 5.82 Å². The molecule has 2 aliphatic rings. The maximum atomic E-state index is 11.6. The summed E-state index contributed by atoms with van der Waals surface area (Å²) in [6.45, 7) is 4.21. The number of pyridine rings is 1. The number of carbonyl (C=O) groups excluding carboxylic acids is 1. The van der Waals surface area contributed by atoms with E-state index in [1.54, 1.807) is 12.3 Å². The monoisotopic (exact) mass is 289 g/mol. The Balaban J connectivity index is 1.75. The van der Waals surface area contributed by atoms with Crippen molar-refractivity contribution in [3.8, 4) is 0 Å². The van der Waals surface area contributed by atoms with E-state index >= 15 is 0 Å². The molecular weight excluding hydrogens is 266 g/mol. The first-order chi connectivity index (χ1) is 10.1. The summed E-state index contributed by atoms with van der Waals surface area (Å²) < 4.78 is 0. The zero-order valence-corrected chi connectivity index (χ0v) is 12.3. The highest BCUT2D eigenvalue weighted by Crippen LogP contribution is 2.27. The lowest BCUT2D eigenvalue weighted by molar-refractivity contribution is 0.100. The van der Waals surface area contributed by atoms with Crippen LogP contribution in [0.15, 0.2) is 12.3 Å². The highest BCUT2D eigenvalue weighted by molar-refractivity contribution is 5.98. The zero-order valence-electron chi connectivity index (χ0n) is 12.3. The molecule has 2 fully saturated rings. The Morgan fingerprint density at radius 3 is 2.71 bits per heavy atom. The van der Waals surface area contributed by atoms with Gasteiger partial charge in [-0.05, 0) is 38.4 Å². The second-order valence-electron chi connectivity index (χ2n) is 5.99. The first-order valence-electron chi connectivity index (χ1n) is 7.69. The highest BCUT2D eigenvalue weighted by Gasteiger charge is 2.30. The average Bonchev–Trinajstić information content (AvgIpc) is 2.97. The van der Waals surface area contributed by atoms with Crippen LogP contribution < -0.4 is 16.4 Å². The van der Waals surface area contributed by atoms with Gasteiger partial charge in [-0.15, -0.1) is 0 Å². The van der Waals surface area contributed by atoms with E-state index in [0.29, 0.717) is 23.1 Å². The standard InChI is InChI=1S/C15H23N5O/c16-11-8-13(14(17)21)15(18-9-11)20-7-4-12(10-20)19-5-2-1-3-6-19/h8-9,12H,1-7,10,16H2,(H2,17,21). The molecule has 1 amide bonds. The molecule has 6 heteroatoms. The van der Waals surface area contributed by atoms with E-state index in [4.69, 9.17) is 11.5 Å². The summed E-state index contributed by atoms with van der Waals surface area (Å²) in [5.74, 6) is 0.211. The minimum absolute atomic E-state index is 0.425. The van der Waals surface area contributed by atoms with E-state index in [1.807, 2.05) is 0 Å². The first kappa shape index (κ1) is 14.1. The third-order valence-corrected chi connectivity index (χ3v) is 4.52. The molecule has 1 unspecified atom stereocenters. The molecule has 0 spiro atoms. The predicted molar refractivity (Wildman–Crippen MR) is 83.2 cm³/mol. The Kier molecular flexibility index (Phi) is 3.96. The number of nitrogens with two attached hydrogens (primary N) is 2. The van der Waals surface area contributed by atoms with Crippen LogP contribution >= 0.6 is 0 Å². The fourth-order valence-electron chi connectivity index (χ4n) is 3.42. The van der Waals surface area contributed by atoms with Crippen LogP contribution in [0.5, 0.6) is 0 Å². The summed E-state index contributed by atoms with van der Waals surface area (Å²) in [5, 5.41) is 0. The van der Waals surface area contributed by atoms with Crippen LogP contribution in [0.1, 0.15) is 36.0 Å². The molecule has 1 aromatic heterocycles. The van der Waals surface area contributed by atoms with Gasteiger partial charge in [0.25, 0.3) is 5.91 Å². The van der Waals surface area contributed by atoms with Gasteiger partial charge in [-0.2, -0.15) is 0 Å². The Labute approximate surface area is 125 Å². The van der Waals surface area contributed by atoms with Crippen molar-refractivity contribution in [2.75, 3.05) is 36.8 Å². The van der Waals surface area contributed by atoms with Gasteiger partial charge in [-0.3, -0.25) is 9.69 Å². The molecule has 1 aromatic rings. The number of primary amides is 1. The molecule has 21 heavy (non-hydrogen) atoms. The zero-order chi connectivity index (χ0) is 14.8. The number of hydrogen-bond donors (Lipinski definition) is 2. The number of anilines is 2. The molecule has 114 valence electrons. The average molecular weight is 289 g/mol. The molecule has 0 radical (unpaired) electrons. The normalized spacial score (nSPS) is 23.4. The Hall–Kier alpha value is -1.82. The lowest BCUT2D eigenvalue weighted by atomic mass is 10.1. The lowest BCUT2D eigenvalue weighted by Crippen LogP contribution is -2.41. The molecule has 3 heterocycles. The fraction of sp³-hybridized carbons (Fsp3) is 0.600. The highest BCUT2D eigenvalue weighted by atomic mass is 16.1. The van der Waals surface area contributed by atoms with Crippen molar-refractivity contribution in [3.63, 3.8) is 0 Å². The largest absolute Gasteiger partial charge is 0.397 e. The molecule has 6 nitrogen and oxygen atoms in total. The van der Waals surface area contributed by atoms with Crippen LogP contribution in [-0.2, 0) is 0 Å². The summed E-state index contributed by atoms with van der Waals surface area (Å²) in [4.78, 5) is 20.7. The summed E-state index contributed by atoms with van der Waals surface area (Å²) in [6.07, 6.45) is 6.64. The molecule has 2 saturated heterocycles. The van der Waals surface area contributed by atoms with Gasteiger partial charge in [0, 0.05) is 19.1 Å². The Morgan fingerprint density at radius 1 is 1.24 bits per heavy atom. The van der Waals surface area contributed by atoms with E-state index in [9.17, 15) is 4.79 Å². The molecular formula is C15H23N5O. The van der Waals surface area contributed by atoms with Crippen molar-refractivity contribution < 1.29 is 4.79 Å². The number of likely N-dealkylation sites (tertiary alicyclic amines) is 1. The van der Waals surface area contributed by atoms with E-state index < -0.39 is 5.91 Å². The van der Waals surface area contributed by atoms with Gasteiger partial charge in [0.2, 0.25) is 0 Å².